The van der Waals surface area contributed by atoms with Gasteiger partial charge in [-0.3, -0.25) is 4.57 Å². The van der Waals surface area contributed by atoms with Crippen LogP contribution in [-0.4, -0.2) is 21.6 Å². The lowest BCUT2D eigenvalue weighted by Gasteiger charge is -2.01. The van der Waals surface area contributed by atoms with Crippen LogP contribution in [0.15, 0.2) is 37.1 Å². The molecule has 0 aliphatic carbocycles. The minimum atomic E-state index is 0.754. The second kappa shape index (κ2) is 3.26. The first-order valence-electron chi connectivity index (χ1n) is 3.88. The zero-order valence-electron chi connectivity index (χ0n) is 7.21. The molecule has 0 amide bonds. The molecule has 0 atom stereocenters. The molecule has 0 fully saturated rings. The highest BCUT2D eigenvalue weighted by Crippen LogP contribution is 2.10. The molecule has 0 spiro atoms. The van der Waals surface area contributed by atoms with Crippen LogP contribution in [0.3, 0.4) is 0 Å². The summed E-state index contributed by atoms with van der Waals surface area (Å²) in [5.41, 5.74) is 0. The molecule has 0 radical (unpaired) electrons. The molecule has 2 rings (SSSR count). The van der Waals surface area contributed by atoms with Gasteiger partial charge in [-0.05, 0) is 12.1 Å². The smallest absolute Gasteiger partial charge is 0.138 e. The van der Waals surface area contributed by atoms with E-state index in [1.54, 1.807) is 25.8 Å². The van der Waals surface area contributed by atoms with Gasteiger partial charge in [-0.15, -0.1) is 0 Å². The van der Waals surface area contributed by atoms with Gasteiger partial charge < -0.3 is 4.74 Å². The summed E-state index contributed by atoms with van der Waals surface area (Å²) >= 11 is 0. The van der Waals surface area contributed by atoms with Gasteiger partial charge >= 0.3 is 0 Å². The van der Waals surface area contributed by atoms with Crippen molar-refractivity contribution in [3.05, 3.63) is 37.1 Å². The average Bonchev–Trinajstić information content (AvgIpc) is 2.71. The molecule has 66 valence electrons. The van der Waals surface area contributed by atoms with Gasteiger partial charge in [-0.1, -0.05) is 0 Å². The number of rotatable bonds is 2. The number of nitrogens with zero attached hydrogens (tertiary/aromatic N) is 3. The molecule has 0 aliphatic heterocycles. The number of imidazole rings is 1. The maximum absolute atomic E-state index is 5.00. The second-order valence-electron chi connectivity index (χ2n) is 2.53. The second-order valence-corrected chi connectivity index (χ2v) is 2.53. The lowest BCUT2D eigenvalue weighted by molar-refractivity contribution is 0.413. The minimum absolute atomic E-state index is 0.754. The number of ether oxygens (including phenoxy) is 1. The zero-order chi connectivity index (χ0) is 9.10. The molecule has 0 saturated heterocycles. The van der Waals surface area contributed by atoms with E-state index < -0.39 is 0 Å². The highest BCUT2D eigenvalue weighted by atomic mass is 16.5. The van der Waals surface area contributed by atoms with Crippen molar-refractivity contribution in [1.29, 1.82) is 0 Å². The summed E-state index contributed by atoms with van der Waals surface area (Å²) in [4.78, 5) is 8.12. The van der Waals surface area contributed by atoms with Crippen molar-refractivity contribution in [3.63, 3.8) is 0 Å². The van der Waals surface area contributed by atoms with Gasteiger partial charge in [0.1, 0.15) is 17.9 Å². The molecule has 2 aromatic rings. The molecule has 13 heavy (non-hydrogen) atoms. The van der Waals surface area contributed by atoms with Gasteiger partial charge in [0.2, 0.25) is 0 Å². The van der Waals surface area contributed by atoms with E-state index in [0.717, 1.165) is 11.6 Å². The molecule has 4 nitrogen and oxygen atoms in total. The van der Waals surface area contributed by atoms with Gasteiger partial charge in [-0.25, -0.2) is 9.97 Å². The molecular formula is C9H9N3O. The Kier molecular flexibility index (Phi) is 1.96. The van der Waals surface area contributed by atoms with Crippen molar-refractivity contribution in [3.8, 4) is 11.6 Å². The molecule has 0 N–H and O–H groups in total. The van der Waals surface area contributed by atoms with Crippen LogP contribution >= 0.6 is 0 Å². The molecule has 4 heteroatoms. The fourth-order valence-corrected chi connectivity index (χ4v) is 1.04. The van der Waals surface area contributed by atoms with Crippen molar-refractivity contribution in [2.75, 3.05) is 7.11 Å². The Morgan fingerprint density at radius 1 is 1.38 bits per heavy atom. The van der Waals surface area contributed by atoms with E-state index in [1.165, 1.54) is 0 Å². The third-order valence-corrected chi connectivity index (χ3v) is 1.73. The number of hydrogen-bond donors (Lipinski definition) is 0. The van der Waals surface area contributed by atoms with Crippen LogP contribution in [0.4, 0.5) is 0 Å². The minimum Gasteiger partial charge on any atom is -0.495 e. The standard InChI is InChI=1S/C9H9N3O/c1-13-8-2-3-9(11-6-8)12-5-4-10-7-12/h2-7H,1H3. The van der Waals surface area contributed by atoms with E-state index in [-0.39, 0.29) is 0 Å². The van der Waals surface area contributed by atoms with Gasteiger partial charge in [0.25, 0.3) is 0 Å². The summed E-state index contributed by atoms with van der Waals surface area (Å²) in [6.07, 6.45) is 6.94. The van der Waals surface area contributed by atoms with Gasteiger partial charge in [0.05, 0.1) is 13.3 Å². The van der Waals surface area contributed by atoms with Crippen LogP contribution in [-0.2, 0) is 0 Å². The van der Waals surface area contributed by atoms with Gasteiger partial charge in [0.15, 0.2) is 0 Å². The van der Waals surface area contributed by atoms with Gasteiger partial charge in [-0.2, -0.15) is 0 Å². The maximum Gasteiger partial charge on any atom is 0.138 e. The van der Waals surface area contributed by atoms with E-state index in [2.05, 4.69) is 9.97 Å². The fourth-order valence-electron chi connectivity index (χ4n) is 1.04. The monoisotopic (exact) mass is 175 g/mol. The summed E-state index contributed by atoms with van der Waals surface area (Å²) in [7, 11) is 1.62. The average molecular weight is 175 g/mol. The largest absolute Gasteiger partial charge is 0.495 e. The summed E-state index contributed by atoms with van der Waals surface area (Å²) in [5, 5.41) is 0. The van der Waals surface area contributed by atoms with Crippen LogP contribution in [0.5, 0.6) is 5.75 Å². The highest BCUT2D eigenvalue weighted by Gasteiger charge is 1.96. The molecule has 0 bridgehead atoms. The van der Waals surface area contributed by atoms with E-state index >= 15 is 0 Å². The van der Waals surface area contributed by atoms with E-state index in [9.17, 15) is 0 Å². The first-order valence-corrected chi connectivity index (χ1v) is 3.88. The number of aromatic nitrogens is 3. The molecule has 0 unspecified atom stereocenters. The van der Waals surface area contributed by atoms with Crippen molar-refractivity contribution < 1.29 is 4.74 Å². The molecule has 2 aromatic heterocycles. The highest BCUT2D eigenvalue weighted by molar-refractivity contribution is 5.28. The molecular weight excluding hydrogens is 166 g/mol. The Labute approximate surface area is 75.8 Å². The first kappa shape index (κ1) is 7.79. The lowest BCUT2D eigenvalue weighted by atomic mass is 10.4. The fraction of sp³-hybridized carbons (Fsp3) is 0.111. The molecule has 2 heterocycles. The van der Waals surface area contributed by atoms with E-state index in [1.807, 2.05) is 22.9 Å². The Morgan fingerprint density at radius 3 is 2.85 bits per heavy atom. The van der Waals surface area contributed by atoms with E-state index in [4.69, 9.17) is 4.74 Å². The molecule has 0 saturated carbocycles. The predicted molar refractivity (Wildman–Crippen MR) is 47.9 cm³/mol. The zero-order valence-corrected chi connectivity index (χ0v) is 7.21. The van der Waals surface area contributed by atoms with Gasteiger partial charge in [0, 0.05) is 12.4 Å². The third kappa shape index (κ3) is 1.51. The Balaban J connectivity index is 2.33. The topological polar surface area (TPSA) is 39.9 Å². The van der Waals surface area contributed by atoms with Crippen LogP contribution in [0, 0.1) is 0 Å². The van der Waals surface area contributed by atoms with Crippen LogP contribution in [0.1, 0.15) is 0 Å². The van der Waals surface area contributed by atoms with Crippen molar-refractivity contribution >= 4 is 0 Å². The first-order chi connectivity index (χ1) is 6.40. The normalized spacial score (nSPS) is 9.92. The third-order valence-electron chi connectivity index (χ3n) is 1.73. The summed E-state index contributed by atoms with van der Waals surface area (Å²) < 4.78 is 6.83. The maximum atomic E-state index is 5.00. The predicted octanol–water partition coefficient (Wildman–Crippen LogP) is 1.28. The SMILES string of the molecule is COc1ccc(-n2ccnc2)nc1. The van der Waals surface area contributed by atoms with Crippen molar-refractivity contribution in [2.45, 2.75) is 0 Å². The summed E-state index contributed by atoms with van der Waals surface area (Å²) in [5.74, 6) is 1.59. The Bertz CT molecular complexity index is 366. The van der Waals surface area contributed by atoms with E-state index in [0.29, 0.717) is 0 Å². The Morgan fingerprint density at radius 2 is 2.31 bits per heavy atom. The molecule has 0 aromatic carbocycles. The van der Waals surface area contributed by atoms with Crippen LogP contribution in [0.25, 0.3) is 5.82 Å². The van der Waals surface area contributed by atoms with Crippen molar-refractivity contribution in [2.24, 2.45) is 0 Å². The summed E-state index contributed by atoms with van der Waals surface area (Å²) in [6.45, 7) is 0. The quantitative estimate of drug-likeness (QED) is 0.690. The number of hydrogen-bond acceptors (Lipinski definition) is 3. The van der Waals surface area contributed by atoms with Crippen molar-refractivity contribution in [1.82, 2.24) is 14.5 Å². The number of methoxy groups -OCH3 is 1. The molecule has 0 aliphatic rings. The van der Waals surface area contributed by atoms with Crippen LogP contribution in [0.2, 0.25) is 0 Å². The van der Waals surface area contributed by atoms with Crippen LogP contribution < -0.4 is 4.74 Å². The number of pyridine rings is 1. The Hall–Kier alpha value is -1.84. The summed E-state index contributed by atoms with van der Waals surface area (Å²) in [6, 6.07) is 3.74. The lowest BCUT2D eigenvalue weighted by Crippen LogP contribution is -1.93.